The van der Waals surface area contributed by atoms with Crippen molar-refractivity contribution in [2.45, 2.75) is 59.6 Å². The highest BCUT2D eigenvalue weighted by atomic mass is 16.5. The minimum atomic E-state index is -0.280. The van der Waals surface area contributed by atoms with Crippen molar-refractivity contribution >= 4 is 17.6 Å². The lowest BCUT2D eigenvalue weighted by molar-refractivity contribution is -0.121. The summed E-state index contributed by atoms with van der Waals surface area (Å²) in [5.74, 6) is 1.25. The number of rotatable bonds is 10. The number of amides is 1. The van der Waals surface area contributed by atoms with Crippen LogP contribution in [0.15, 0.2) is 29.3 Å². The predicted octanol–water partition coefficient (Wildman–Crippen LogP) is 3.17. The molecule has 0 unspecified atom stereocenters. The number of nitrogens with zero attached hydrogens (tertiary/aromatic N) is 1. The van der Waals surface area contributed by atoms with Crippen molar-refractivity contribution < 1.29 is 14.3 Å². The first kappa shape index (κ1) is 23.8. The number of benzene rings is 1. The number of hydrogen-bond acceptors (Lipinski definition) is 4. The molecule has 1 aromatic rings. The highest BCUT2D eigenvalue weighted by Gasteiger charge is 2.13. The largest absolute Gasteiger partial charge is 0.491 e. The van der Waals surface area contributed by atoms with Crippen molar-refractivity contribution in [2.75, 3.05) is 31.6 Å². The van der Waals surface area contributed by atoms with Gasteiger partial charge in [-0.25, -0.2) is 4.99 Å². The Morgan fingerprint density at radius 1 is 1.18 bits per heavy atom. The molecule has 1 amide bonds. The standard InChI is InChI=1S/C21H36N4O3/c1-7-27-14-8-13-22-20(23-15-19(26)25-21(4,5)6)24-17-9-11-18(12-10-17)28-16(2)3/h9-12,16H,7-8,13-15H2,1-6H3,(H,25,26)(H2,22,23,24). The third kappa shape index (κ3) is 11.4. The fourth-order valence-corrected chi connectivity index (χ4v) is 2.30. The second-order valence-electron chi connectivity index (χ2n) is 7.76. The Hall–Kier alpha value is -2.28. The minimum Gasteiger partial charge on any atom is -0.491 e. The predicted molar refractivity (Wildman–Crippen MR) is 115 cm³/mol. The van der Waals surface area contributed by atoms with Gasteiger partial charge in [-0.05, 0) is 72.2 Å². The summed E-state index contributed by atoms with van der Waals surface area (Å²) in [6.07, 6.45) is 0.980. The van der Waals surface area contributed by atoms with E-state index in [0.29, 0.717) is 25.7 Å². The molecular weight excluding hydrogens is 356 g/mol. The van der Waals surface area contributed by atoms with Crippen molar-refractivity contribution in [2.24, 2.45) is 4.99 Å². The molecule has 0 heterocycles. The fourth-order valence-electron chi connectivity index (χ4n) is 2.30. The average Bonchev–Trinajstić information content (AvgIpc) is 2.59. The molecule has 0 fully saturated rings. The summed E-state index contributed by atoms with van der Waals surface area (Å²) in [5.41, 5.74) is 0.584. The van der Waals surface area contributed by atoms with Crippen molar-refractivity contribution in [3.63, 3.8) is 0 Å². The summed E-state index contributed by atoms with van der Waals surface area (Å²) < 4.78 is 11.0. The van der Waals surface area contributed by atoms with Crippen molar-refractivity contribution in [1.29, 1.82) is 0 Å². The minimum absolute atomic E-state index is 0.0482. The van der Waals surface area contributed by atoms with E-state index in [-0.39, 0.29) is 24.1 Å². The van der Waals surface area contributed by atoms with E-state index in [9.17, 15) is 4.79 Å². The summed E-state index contributed by atoms with van der Waals surface area (Å²) in [7, 11) is 0. The summed E-state index contributed by atoms with van der Waals surface area (Å²) in [6.45, 7) is 13.9. The molecule has 0 radical (unpaired) electrons. The van der Waals surface area contributed by atoms with Crippen LogP contribution in [-0.2, 0) is 9.53 Å². The zero-order chi connectivity index (χ0) is 21.0. The van der Waals surface area contributed by atoms with E-state index in [1.807, 2.05) is 65.8 Å². The van der Waals surface area contributed by atoms with Crippen LogP contribution in [0.4, 0.5) is 5.69 Å². The topological polar surface area (TPSA) is 84.0 Å². The summed E-state index contributed by atoms with van der Waals surface area (Å²) >= 11 is 0. The molecule has 7 heteroatoms. The highest BCUT2D eigenvalue weighted by Crippen LogP contribution is 2.16. The van der Waals surface area contributed by atoms with Gasteiger partial charge in [-0.15, -0.1) is 0 Å². The van der Waals surface area contributed by atoms with E-state index < -0.39 is 0 Å². The van der Waals surface area contributed by atoms with E-state index in [1.165, 1.54) is 0 Å². The third-order valence-electron chi connectivity index (χ3n) is 3.35. The molecule has 1 aromatic carbocycles. The molecule has 0 atom stereocenters. The number of hydrogen-bond donors (Lipinski definition) is 3. The van der Waals surface area contributed by atoms with Gasteiger partial charge in [0.15, 0.2) is 5.96 Å². The summed E-state index contributed by atoms with van der Waals surface area (Å²) in [5, 5.41) is 9.38. The van der Waals surface area contributed by atoms with Gasteiger partial charge in [-0.1, -0.05) is 0 Å². The number of nitrogens with one attached hydrogen (secondary N) is 3. The van der Waals surface area contributed by atoms with Gasteiger partial charge in [0.05, 0.1) is 6.10 Å². The quantitative estimate of drug-likeness (QED) is 0.324. The molecule has 0 aliphatic carbocycles. The maximum atomic E-state index is 12.1. The number of aliphatic imine (C=N–C) groups is 1. The Balaban J connectivity index is 2.70. The smallest absolute Gasteiger partial charge is 0.242 e. The van der Waals surface area contributed by atoms with Gasteiger partial charge >= 0.3 is 0 Å². The van der Waals surface area contributed by atoms with Crippen LogP contribution < -0.4 is 20.7 Å². The summed E-state index contributed by atoms with van der Waals surface area (Å²) in [4.78, 5) is 16.5. The number of carbonyl (C=O) groups is 1. The molecule has 0 aliphatic rings. The molecule has 158 valence electrons. The van der Waals surface area contributed by atoms with Crippen LogP contribution in [0.1, 0.15) is 48.0 Å². The second kappa shape index (κ2) is 12.2. The van der Waals surface area contributed by atoms with Crippen LogP contribution >= 0.6 is 0 Å². The van der Waals surface area contributed by atoms with Gasteiger partial charge in [0.1, 0.15) is 12.3 Å². The molecule has 1 rings (SSSR count). The molecule has 0 aromatic heterocycles. The van der Waals surface area contributed by atoms with Gasteiger partial charge in [0, 0.05) is 31.0 Å². The molecule has 0 spiro atoms. The number of ether oxygens (including phenoxy) is 2. The second-order valence-corrected chi connectivity index (χ2v) is 7.76. The Bertz CT molecular complexity index is 607. The first-order chi connectivity index (χ1) is 13.2. The maximum Gasteiger partial charge on any atom is 0.242 e. The Morgan fingerprint density at radius 2 is 1.86 bits per heavy atom. The molecular formula is C21H36N4O3. The average molecular weight is 393 g/mol. The van der Waals surface area contributed by atoms with Gasteiger partial charge in [0.25, 0.3) is 0 Å². The van der Waals surface area contributed by atoms with Crippen LogP contribution in [-0.4, -0.2) is 49.8 Å². The van der Waals surface area contributed by atoms with E-state index in [4.69, 9.17) is 9.47 Å². The van der Waals surface area contributed by atoms with Crippen molar-refractivity contribution in [3.8, 4) is 5.75 Å². The first-order valence-corrected chi connectivity index (χ1v) is 9.90. The zero-order valence-electron chi connectivity index (χ0n) is 18.1. The van der Waals surface area contributed by atoms with Gasteiger partial charge in [-0.2, -0.15) is 0 Å². The SMILES string of the molecule is CCOCCCNC(=NCC(=O)NC(C)(C)C)Nc1ccc(OC(C)C)cc1. The maximum absolute atomic E-state index is 12.1. The van der Waals surface area contributed by atoms with Crippen LogP contribution in [0.2, 0.25) is 0 Å². The number of carbonyl (C=O) groups excluding carboxylic acids is 1. The number of anilines is 1. The fraction of sp³-hybridized carbons (Fsp3) is 0.619. The lowest BCUT2D eigenvalue weighted by atomic mass is 10.1. The first-order valence-electron chi connectivity index (χ1n) is 9.90. The molecule has 3 N–H and O–H groups in total. The summed E-state index contributed by atoms with van der Waals surface area (Å²) in [6, 6.07) is 7.65. The Morgan fingerprint density at radius 3 is 2.43 bits per heavy atom. The lowest BCUT2D eigenvalue weighted by Crippen LogP contribution is -2.42. The molecule has 0 aliphatic heterocycles. The zero-order valence-corrected chi connectivity index (χ0v) is 18.1. The molecule has 0 saturated carbocycles. The Labute approximate surface area is 169 Å². The van der Waals surface area contributed by atoms with Crippen LogP contribution in [0.3, 0.4) is 0 Å². The molecule has 28 heavy (non-hydrogen) atoms. The van der Waals surface area contributed by atoms with E-state index in [1.54, 1.807) is 0 Å². The normalized spacial score (nSPS) is 12.0. The van der Waals surface area contributed by atoms with Crippen molar-refractivity contribution in [3.05, 3.63) is 24.3 Å². The van der Waals surface area contributed by atoms with Gasteiger partial charge in [0.2, 0.25) is 5.91 Å². The Kier molecular flexibility index (Phi) is 10.4. The van der Waals surface area contributed by atoms with Crippen LogP contribution in [0.25, 0.3) is 0 Å². The number of guanidine groups is 1. The monoisotopic (exact) mass is 392 g/mol. The molecule has 0 bridgehead atoms. The van der Waals surface area contributed by atoms with Crippen molar-refractivity contribution in [1.82, 2.24) is 10.6 Å². The highest BCUT2D eigenvalue weighted by molar-refractivity contribution is 5.95. The molecule has 7 nitrogen and oxygen atoms in total. The molecule has 0 saturated heterocycles. The third-order valence-corrected chi connectivity index (χ3v) is 3.35. The van der Waals surface area contributed by atoms with Crippen LogP contribution in [0.5, 0.6) is 5.75 Å². The van der Waals surface area contributed by atoms with E-state index in [2.05, 4.69) is 20.9 Å². The van der Waals surface area contributed by atoms with E-state index >= 15 is 0 Å². The van der Waals surface area contributed by atoms with Gasteiger partial charge < -0.3 is 25.4 Å². The van der Waals surface area contributed by atoms with Gasteiger partial charge in [-0.3, -0.25) is 4.79 Å². The lowest BCUT2D eigenvalue weighted by Gasteiger charge is -2.20. The van der Waals surface area contributed by atoms with E-state index in [0.717, 1.165) is 17.9 Å². The van der Waals surface area contributed by atoms with Crippen LogP contribution in [0, 0.1) is 0 Å².